The predicted octanol–water partition coefficient (Wildman–Crippen LogP) is 2.81. The van der Waals surface area contributed by atoms with Gasteiger partial charge in [-0.15, -0.1) is 24.8 Å². The van der Waals surface area contributed by atoms with E-state index in [0.29, 0.717) is 5.82 Å². The van der Waals surface area contributed by atoms with Crippen molar-refractivity contribution >= 4 is 36.5 Å². The Morgan fingerprint density at radius 2 is 2.09 bits per heavy atom. The molecule has 0 radical (unpaired) electrons. The SMILES string of the molecule is C[C@@H](N)C(=O)Nc1cccc(-c2ccc3c(c2)CCO3)n1.Cl.Cl. The Kier molecular flexibility index (Phi) is 6.81. The van der Waals surface area contributed by atoms with Gasteiger partial charge in [-0.05, 0) is 42.8 Å². The van der Waals surface area contributed by atoms with Crippen molar-refractivity contribution in [2.75, 3.05) is 11.9 Å². The molecule has 1 atom stereocenters. The van der Waals surface area contributed by atoms with E-state index in [1.807, 2.05) is 24.3 Å². The number of halogens is 2. The van der Waals surface area contributed by atoms with Crippen molar-refractivity contribution in [1.82, 2.24) is 4.98 Å². The zero-order chi connectivity index (χ0) is 14.8. The number of pyridine rings is 1. The van der Waals surface area contributed by atoms with Crippen LogP contribution < -0.4 is 15.8 Å². The lowest BCUT2D eigenvalue weighted by atomic mass is 10.1. The van der Waals surface area contributed by atoms with Gasteiger partial charge in [-0.2, -0.15) is 0 Å². The second-order valence-electron chi connectivity index (χ2n) is 5.11. The molecule has 23 heavy (non-hydrogen) atoms. The molecular weight excluding hydrogens is 337 g/mol. The quantitative estimate of drug-likeness (QED) is 0.887. The topological polar surface area (TPSA) is 77.2 Å². The molecule has 1 aliphatic rings. The van der Waals surface area contributed by atoms with Crippen molar-refractivity contribution in [1.29, 1.82) is 0 Å². The zero-order valence-electron chi connectivity index (χ0n) is 12.6. The van der Waals surface area contributed by atoms with E-state index in [2.05, 4.69) is 16.4 Å². The van der Waals surface area contributed by atoms with Gasteiger partial charge in [0.25, 0.3) is 0 Å². The molecule has 5 nitrogen and oxygen atoms in total. The molecule has 0 saturated carbocycles. The van der Waals surface area contributed by atoms with E-state index in [-0.39, 0.29) is 30.7 Å². The molecule has 124 valence electrons. The number of nitrogens with two attached hydrogens (primary N) is 1. The first-order valence-electron chi connectivity index (χ1n) is 6.93. The smallest absolute Gasteiger partial charge is 0.242 e. The van der Waals surface area contributed by atoms with Crippen molar-refractivity contribution in [3.05, 3.63) is 42.0 Å². The summed E-state index contributed by atoms with van der Waals surface area (Å²) in [6.07, 6.45) is 0.921. The van der Waals surface area contributed by atoms with Crippen LogP contribution in [0.2, 0.25) is 0 Å². The maximum Gasteiger partial charge on any atom is 0.242 e. The number of carbonyl (C=O) groups excluding carboxylic acids is 1. The van der Waals surface area contributed by atoms with E-state index in [4.69, 9.17) is 10.5 Å². The molecule has 0 aliphatic carbocycles. The van der Waals surface area contributed by atoms with Crippen LogP contribution in [0, 0.1) is 0 Å². The third-order valence-electron chi connectivity index (χ3n) is 3.40. The lowest BCUT2D eigenvalue weighted by Crippen LogP contribution is -2.32. The number of nitrogens with zero attached hydrogens (tertiary/aromatic N) is 1. The maximum atomic E-state index is 11.6. The Labute approximate surface area is 147 Å². The van der Waals surface area contributed by atoms with Crippen LogP contribution in [-0.4, -0.2) is 23.5 Å². The number of anilines is 1. The fourth-order valence-corrected chi connectivity index (χ4v) is 2.25. The Hall–Kier alpha value is -1.82. The summed E-state index contributed by atoms with van der Waals surface area (Å²) in [6, 6.07) is 11.0. The largest absolute Gasteiger partial charge is 0.493 e. The number of fused-ring (bicyclic) bond motifs is 1. The van der Waals surface area contributed by atoms with E-state index in [1.165, 1.54) is 5.56 Å². The van der Waals surface area contributed by atoms with E-state index >= 15 is 0 Å². The fraction of sp³-hybridized carbons (Fsp3) is 0.250. The summed E-state index contributed by atoms with van der Waals surface area (Å²) in [6.45, 7) is 2.37. The number of nitrogens with one attached hydrogen (secondary N) is 1. The normalized spacial score (nSPS) is 13.0. The molecule has 1 aromatic carbocycles. The summed E-state index contributed by atoms with van der Waals surface area (Å²) < 4.78 is 5.50. The summed E-state index contributed by atoms with van der Waals surface area (Å²) >= 11 is 0. The first kappa shape index (κ1) is 19.2. The van der Waals surface area contributed by atoms with Gasteiger partial charge in [0, 0.05) is 12.0 Å². The Bertz CT molecular complexity index is 693. The molecule has 1 aromatic heterocycles. The number of benzene rings is 1. The van der Waals surface area contributed by atoms with Crippen molar-refractivity contribution in [3.63, 3.8) is 0 Å². The highest BCUT2D eigenvalue weighted by Crippen LogP contribution is 2.30. The first-order valence-corrected chi connectivity index (χ1v) is 6.93. The van der Waals surface area contributed by atoms with Gasteiger partial charge < -0.3 is 15.8 Å². The van der Waals surface area contributed by atoms with Crippen LogP contribution in [0.25, 0.3) is 11.3 Å². The Morgan fingerprint density at radius 1 is 1.30 bits per heavy atom. The van der Waals surface area contributed by atoms with Crippen molar-refractivity contribution in [2.45, 2.75) is 19.4 Å². The highest BCUT2D eigenvalue weighted by molar-refractivity contribution is 5.93. The minimum absolute atomic E-state index is 0. The van der Waals surface area contributed by atoms with Gasteiger partial charge in [0.2, 0.25) is 5.91 Å². The van der Waals surface area contributed by atoms with Crippen molar-refractivity contribution in [2.24, 2.45) is 5.73 Å². The molecule has 0 unspecified atom stereocenters. The molecular formula is C16H19Cl2N3O2. The van der Waals surface area contributed by atoms with Gasteiger partial charge in [0.15, 0.2) is 0 Å². The zero-order valence-corrected chi connectivity index (χ0v) is 14.2. The van der Waals surface area contributed by atoms with Crippen molar-refractivity contribution in [3.8, 4) is 17.0 Å². The van der Waals surface area contributed by atoms with Crippen LogP contribution in [0.4, 0.5) is 5.82 Å². The van der Waals surface area contributed by atoms with E-state index in [9.17, 15) is 4.79 Å². The second-order valence-corrected chi connectivity index (χ2v) is 5.11. The molecule has 3 N–H and O–H groups in total. The van der Waals surface area contributed by atoms with Gasteiger partial charge >= 0.3 is 0 Å². The molecule has 2 heterocycles. The second kappa shape index (κ2) is 8.15. The summed E-state index contributed by atoms with van der Waals surface area (Å²) in [7, 11) is 0. The van der Waals surface area contributed by atoms with Gasteiger partial charge in [0.1, 0.15) is 11.6 Å². The first-order chi connectivity index (χ1) is 10.1. The van der Waals surface area contributed by atoms with Crippen LogP contribution in [0.3, 0.4) is 0 Å². The number of amides is 1. The minimum atomic E-state index is -0.562. The number of rotatable bonds is 3. The highest BCUT2D eigenvalue weighted by atomic mass is 35.5. The van der Waals surface area contributed by atoms with Crippen LogP contribution in [0.1, 0.15) is 12.5 Å². The van der Waals surface area contributed by atoms with E-state index in [1.54, 1.807) is 13.0 Å². The number of aromatic nitrogens is 1. The van der Waals surface area contributed by atoms with Gasteiger partial charge in [-0.1, -0.05) is 6.07 Å². The summed E-state index contributed by atoms with van der Waals surface area (Å²) in [5, 5.41) is 2.70. The summed E-state index contributed by atoms with van der Waals surface area (Å²) in [4.78, 5) is 16.1. The lowest BCUT2D eigenvalue weighted by Gasteiger charge is -2.09. The standard InChI is InChI=1S/C16H17N3O2.2ClH/c1-10(17)16(20)19-15-4-2-3-13(18-15)11-5-6-14-12(9-11)7-8-21-14;;/h2-6,9-10H,7-8,17H2,1H3,(H,18,19,20);2*1H/t10-;;/m1../s1. The average molecular weight is 356 g/mol. The van der Waals surface area contributed by atoms with E-state index < -0.39 is 6.04 Å². The highest BCUT2D eigenvalue weighted by Gasteiger charge is 2.14. The molecule has 3 rings (SSSR count). The van der Waals surface area contributed by atoms with Gasteiger partial charge in [-0.25, -0.2) is 4.98 Å². The molecule has 2 aromatic rings. The molecule has 0 fully saturated rings. The summed E-state index contributed by atoms with van der Waals surface area (Å²) in [5.41, 5.74) is 8.56. The van der Waals surface area contributed by atoms with E-state index in [0.717, 1.165) is 30.0 Å². The Morgan fingerprint density at radius 3 is 2.83 bits per heavy atom. The predicted molar refractivity (Wildman–Crippen MR) is 95.6 cm³/mol. The lowest BCUT2D eigenvalue weighted by molar-refractivity contribution is -0.117. The maximum absolute atomic E-state index is 11.6. The third kappa shape index (κ3) is 4.34. The molecule has 0 saturated heterocycles. The Balaban J connectivity index is 0.00000132. The van der Waals surface area contributed by atoms with Crippen LogP contribution in [-0.2, 0) is 11.2 Å². The number of hydrogen-bond donors (Lipinski definition) is 2. The molecule has 0 spiro atoms. The average Bonchev–Trinajstić information content (AvgIpc) is 2.94. The fourth-order valence-electron chi connectivity index (χ4n) is 2.25. The molecule has 1 aliphatic heterocycles. The third-order valence-corrected chi connectivity index (χ3v) is 3.40. The molecule has 1 amide bonds. The number of ether oxygens (including phenoxy) is 1. The monoisotopic (exact) mass is 355 g/mol. The van der Waals surface area contributed by atoms with Crippen LogP contribution in [0.5, 0.6) is 5.75 Å². The molecule has 7 heteroatoms. The molecule has 0 bridgehead atoms. The van der Waals surface area contributed by atoms with Crippen LogP contribution in [0.15, 0.2) is 36.4 Å². The number of hydrogen-bond acceptors (Lipinski definition) is 4. The van der Waals surface area contributed by atoms with Gasteiger partial charge in [0.05, 0.1) is 18.3 Å². The van der Waals surface area contributed by atoms with Crippen molar-refractivity contribution < 1.29 is 9.53 Å². The van der Waals surface area contributed by atoms with Crippen LogP contribution >= 0.6 is 24.8 Å². The van der Waals surface area contributed by atoms with Gasteiger partial charge in [-0.3, -0.25) is 4.79 Å². The number of carbonyl (C=O) groups is 1. The minimum Gasteiger partial charge on any atom is -0.493 e. The summed E-state index contributed by atoms with van der Waals surface area (Å²) in [5.74, 6) is 1.20.